The molecule has 1 heterocycles. The monoisotopic (exact) mass is 435 g/mol. The number of rotatable bonds is 6. The van der Waals surface area contributed by atoms with E-state index < -0.39 is 0 Å². The number of hydrogen-bond acceptors (Lipinski definition) is 4. The standard InChI is InChI=1S/C24H37N3O2.ClH/c1-23(2)9-7-18(8-10-23)21-17-19(5-6-20(21)22(25)29)24(3,4)27-13-11-26(12-14-27)15-16-28;/h5-7,17,28H,8-16H2,1-4H3,(H2,25,29);1H. The molecule has 3 rings (SSSR count). The molecule has 1 aromatic carbocycles. The second kappa shape index (κ2) is 9.82. The molecule has 5 nitrogen and oxygen atoms in total. The Hall–Kier alpha value is -1.40. The van der Waals surface area contributed by atoms with Gasteiger partial charge in [-0.15, -0.1) is 12.4 Å². The molecule has 0 unspecified atom stereocenters. The first kappa shape index (κ1) is 24.9. The minimum Gasteiger partial charge on any atom is -0.395 e. The Bertz CT molecular complexity index is 781. The van der Waals surface area contributed by atoms with Crippen molar-refractivity contribution in [1.29, 1.82) is 0 Å². The van der Waals surface area contributed by atoms with Crippen LogP contribution in [-0.2, 0) is 5.54 Å². The highest BCUT2D eigenvalue weighted by Crippen LogP contribution is 2.40. The molecule has 2 aliphatic rings. The Labute approximate surface area is 187 Å². The van der Waals surface area contributed by atoms with Gasteiger partial charge in [-0.3, -0.25) is 14.6 Å². The molecular formula is C24H38ClN3O2. The number of aliphatic hydroxyl groups excluding tert-OH is 1. The molecular weight excluding hydrogens is 398 g/mol. The van der Waals surface area contributed by atoms with E-state index >= 15 is 0 Å². The van der Waals surface area contributed by atoms with Crippen LogP contribution in [0.1, 0.15) is 68.4 Å². The predicted molar refractivity (Wildman–Crippen MR) is 126 cm³/mol. The van der Waals surface area contributed by atoms with Gasteiger partial charge in [0.25, 0.3) is 0 Å². The molecule has 168 valence electrons. The van der Waals surface area contributed by atoms with Crippen molar-refractivity contribution in [3.8, 4) is 0 Å². The number of benzene rings is 1. The van der Waals surface area contributed by atoms with Gasteiger partial charge in [0.2, 0.25) is 5.91 Å². The van der Waals surface area contributed by atoms with E-state index in [2.05, 4.69) is 55.7 Å². The van der Waals surface area contributed by atoms with E-state index in [0.29, 0.717) is 11.0 Å². The van der Waals surface area contributed by atoms with E-state index in [1.807, 2.05) is 6.07 Å². The van der Waals surface area contributed by atoms with Crippen molar-refractivity contribution in [3.05, 3.63) is 41.0 Å². The smallest absolute Gasteiger partial charge is 0.249 e. The third kappa shape index (κ3) is 5.44. The van der Waals surface area contributed by atoms with Crippen LogP contribution >= 0.6 is 12.4 Å². The van der Waals surface area contributed by atoms with Crippen molar-refractivity contribution in [2.75, 3.05) is 39.3 Å². The van der Waals surface area contributed by atoms with Crippen molar-refractivity contribution >= 4 is 23.9 Å². The van der Waals surface area contributed by atoms with Gasteiger partial charge in [-0.05, 0) is 67.4 Å². The van der Waals surface area contributed by atoms with Gasteiger partial charge in [-0.2, -0.15) is 0 Å². The average Bonchev–Trinajstić information content (AvgIpc) is 2.68. The number of aliphatic hydroxyl groups is 1. The molecule has 6 heteroatoms. The van der Waals surface area contributed by atoms with Gasteiger partial charge in [0.15, 0.2) is 0 Å². The van der Waals surface area contributed by atoms with Gasteiger partial charge in [0.05, 0.1) is 6.61 Å². The highest BCUT2D eigenvalue weighted by molar-refractivity contribution is 5.98. The number of amides is 1. The molecule has 1 fully saturated rings. The summed E-state index contributed by atoms with van der Waals surface area (Å²) in [6, 6.07) is 6.18. The molecule has 1 aliphatic carbocycles. The molecule has 0 aromatic heterocycles. The lowest BCUT2D eigenvalue weighted by Crippen LogP contribution is -2.53. The van der Waals surface area contributed by atoms with Crippen LogP contribution in [-0.4, -0.2) is 60.1 Å². The van der Waals surface area contributed by atoms with E-state index in [4.69, 9.17) is 5.73 Å². The van der Waals surface area contributed by atoms with Gasteiger partial charge < -0.3 is 10.8 Å². The molecule has 0 radical (unpaired) electrons. The van der Waals surface area contributed by atoms with E-state index in [9.17, 15) is 9.90 Å². The zero-order chi connectivity index (χ0) is 21.2. The average molecular weight is 436 g/mol. The number of carbonyl (C=O) groups excluding carboxylic acids is 1. The summed E-state index contributed by atoms with van der Waals surface area (Å²) in [6.45, 7) is 14.0. The lowest BCUT2D eigenvalue weighted by molar-refractivity contribution is 0.0439. The second-order valence-corrected chi connectivity index (χ2v) is 9.83. The number of allylic oxidation sites excluding steroid dienone is 2. The van der Waals surface area contributed by atoms with Gasteiger partial charge in [-0.25, -0.2) is 0 Å². The Morgan fingerprint density at radius 1 is 1.20 bits per heavy atom. The molecule has 0 saturated carbocycles. The minimum absolute atomic E-state index is 0. The van der Waals surface area contributed by atoms with Gasteiger partial charge in [0, 0.05) is 43.8 Å². The SMILES string of the molecule is CC1(C)CC=C(c2cc(C(C)(C)N3CCN(CCO)CC3)ccc2C(N)=O)CC1.Cl. The Kier molecular flexibility index (Phi) is 8.14. The number of piperazine rings is 1. The van der Waals surface area contributed by atoms with Crippen LogP contribution in [0.15, 0.2) is 24.3 Å². The van der Waals surface area contributed by atoms with Crippen LogP contribution in [0.2, 0.25) is 0 Å². The minimum atomic E-state index is -0.354. The summed E-state index contributed by atoms with van der Waals surface area (Å²) in [7, 11) is 0. The first-order valence-corrected chi connectivity index (χ1v) is 10.9. The molecule has 1 saturated heterocycles. The topological polar surface area (TPSA) is 69.8 Å². The Morgan fingerprint density at radius 2 is 1.87 bits per heavy atom. The third-order valence-electron chi connectivity index (χ3n) is 6.89. The quantitative estimate of drug-likeness (QED) is 0.715. The van der Waals surface area contributed by atoms with E-state index in [0.717, 1.165) is 57.5 Å². The summed E-state index contributed by atoms with van der Waals surface area (Å²) in [6.07, 6.45) is 5.44. The van der Waals surface area contributed by atoms with Crippen molar-refractivity contribution in [1.82, 2.24) is 9.80 Å². The van der Waals surface area contributed by atoms with E-state index in [1.165, 1.54) is 11.1 Å². The van der Waals surface area contributed by atoms with Crippen LogP contribution in [0, 0.1) is 5.41 Å². The molecule has 1 aliphatic heterocycles. The molecule has 1 amide bonds. The summed E-state index contributed by atoms with van der Waals surface area (Å²) in [5, 5.41) is 9.18. The largest absolute Gasteiger partial charge is 0.395 e. The summed E-state index contributed by atoms with van der Waals surface area (Å²) >= 11 is 0. The van der Waals surface area contributed by atoms with Gasteiger partial charge >= 0.3 is 0 Å². The number of nitrogens with zero attached hydrogens (tertiary/aromatic N) is 2. The van der Waals surface area contributed by atoms with Crippen LogP contribution in [0.25, 0.3) is 5.57 Å². The first-order valence-electron chi connectivity index (χ1n) is 10.9. The van der Waals surface area contributed by atoms with Gasteiger partial charge in [0.1, 0.15) is 0 Å². The van der Waals surface area contributed by atoms with Crippen LogP contribution in [0.3, 0.4) is 0 Å². The summed E-state index contributed by atoms with van der Waals surface area (Å²) in [5.74, 6) is -0.354. The number of hydrogen-bond donors (Lipinski definition) is 2. The maximum Gasteiger partial charge on any atom is 0.249 e. The third-order valence-corrected chi connectivity index (χ3v) is 6.89. The first-order chi connectivity index (χ1) is 13.6. The number of primary amides is 1. The molecule has 1 aromatic rings. The number of β-amino-alcohol motifs (C(OH)–C–C–N with tert-alkyl or cyclic N) is 1. The normalized spacial score (nSPS) is 20.4. The highest BCUT2D eigenvalue weighted by atomic mass is 35.5. The number of carbonyl (C=O) groups is 1. The Morgan fingerprint density at radius 3 is 2.40 bits per heavy atom. The fraction of sp³-hybridized carbons (Fsp3) is 0.625. The van der Waals surface area contributed by atoms with Crippen molar-refractivity contribution in [3.63, 3.8) is 0 Å². The lowest BCUT2D eigenvalue weighted by atomic mass is 9.76. The maximum atomic E-state index is 12.1. The van der Waals surface area contributed by atoms with Crippen molar-refractivity contribution in [2.45, 2.75) is 52.5 Å². The van der Waals surface area contributed by atoms with E-state index in [1.54, 1.807) is 0 Å². The molecule has 3 N–H and O–H groups in total. The van der Waals surface area contributed by atoms with E-state index in [-0.39, 0.29) is 30.5 Å². The zero-order valence-electron chi connectivity index (χ0n) is 18.9. The predicted octanol–water partition coefficient (Wildman–Crippen LogP) is 3.65. The van der Waals surface area contributed by atoms with Crippen molar-refractivity contribution in [2.24, 2.45) is 11.1 Å². The molecule has 0 bridgehead atoms. The summed E-state index contributed by atoms with van der Waals surface area (Å²) < 4.78 is 0. The second-order valence-electron chi connectivity index (χ2n) is 9.83. The maximum absolute atomic E-state index is 12.1. The zero-order valence-corrected chi connectivity index (χ0v) is 19.7. The molecule has 0 spiro atoms. The van der Waals surface area contributed by atoms with Crippen molar-refractivity contribution < 1.29 is 9.90 Å². The van der Waals surface area contributed by atoms with Gasteiger partial charge in [-0.1, -0.05) is 26.0 Å². The van der Waals surface area contributed by atoms with Crippen LogP contribution < -0.4 is 5.73 Å². The fourth-order valence-electron chi connectivity index (χ4n) is 4.58. The number of nitrogens with two attached hydrogens (primary N) is 1. The molecule has 0 atom stereocenters. The summed E-state index contributed by atoms with van der Waals surface area (Å²) in [5.41, 5.74) is 10.0. The lowest BCUT2D eigenvalue weighted by Gasteiger charge is -2.44. The summed E-state index contributed by atoms with van der Waals surface area (Å²) in [4.78, 5) is 16.9. The highest BCUT2D eigenvalue weighted by Gasteiger charge is 2.32. The fourth-order valence-corrected chi connectivity index (χ4v) is 4.58. The van der Waals surface area contributed by atoms with Crippen LogP contribution in [0.4, 0.5) is 0 Å². The molecule has 30 heavy (non-hydrogen) atoms. The number of halogens is 1. The van der Waals surface area contributed by atoms with Crippen LogP contribution in [0.5, 0.6) is 0 Å². The Balaban J connectivity index is 0.00000320.